The van der Waals surface area contributed by atoms with Crippen LogP contribution in [0, 0.1) is 17.0 Å². The average molecular weight is 417 g/mol. The summed E-state index contributed by atoms with van der Waals surface area (Å²) >= 11 is 6.54. The van der Waals surface area contributed by atoms with Gasteiger partial charge in [0.25, 0.3) is 5.69 Å². The lowest BCUT2D eigenvalue weighted by atomic mass is 10.2. The van der Waals surface area contributed by atoms with Gasteiger partial charge in [-0.05, 0) is 50.4 Å². The summed E-state index contributed by atoms with van der Waals surface area (Å²) in [6.45, 7) is 2.26. The van der Waals surface area contributed by atoms with Gasteiger partial charge in [-0.2, -0.15) is 0 Å². The minimum absolute atomic E-state index is 0.0377. The first kappa shape index (κ1) is 15.9. The Hall–Kier alpha value is -1.51. The number of aryl methyl sites for hydroxylation is 1. The van der Waals surface area contributed by atoms with Gasteiger partial charge in [-0.25, -0.2) is 4.98 Å². The van der Waals surface area contributed by atoms with E-state index in [9.17, 15) is 10.1 Å². The second-order valence-electron chi connectivity index (χ2n) is 4.27. The van der Waals surface area contributed by atoms with Gasteiger partial charge < -0.3 is 10.5 Å². The highest BCUT2D eigenvalue weighted by atomic mass is 79.9. The fourth-order valence-corrected chi connectivity index (χ4v) is 3.01. The highest BCUT2D eigenvalue weighted by Gasteiger charge is 2.17. The molecule has 0 saturated carbocycles. The van der Waals surface area contributed by atoms with Crippen LogP contribution in [0.3, 0.4) is 0 Å². The number of rotatable bonds is 4. The molecule has 21 heavy (non-hydrogen) atoms. The second-order valence-corrected chi connectivity index (χ2v) is 5.98. The second kappa shape index (κ2) is 6.50. The summed E-state index contributed by atoms with van der Waals surface area (Å²) in [5.74, 6) is 0.846. The van der Waals surface area contributed by atoms with Crippen molar-refractivity contribution in [3.63, 3.8) is 0 Å². The zero-order chi connectivity index (χ0) is 15.6. The molecule has 0 aliphatic heterocycles. The number of non-ortho nitro benzene ring substituents is 1. The molecule has 1 aromatic heterocycles. The monoisotopic (exact) mass is 415 g/mol. The molecule has 6 nitrogen and oxygen atoms in total. The largest absolute Gasteiger partial charge is 0.436 e. The Morgan fingerprint density at radius 2 is 1.95 bits per heavy atom. The Morgan fingerprint density at radius 3 is 2.43 bits per heavy atom. The highest BCUT2D eigenvalue weighted by Crippen LogP contribution is 2.39. The lowest BCUT2D eigenvalue weighted by Crippen LogP contribution is -2.00. The van der Waals surface area contributed by atoms with E-state index in [2.05, 4.69) is 36.8 Å². The molecule has 0 aliphatic rings. The van der Waals surface area contributed by atoms with Crippen LogP contribution >= 0.6 is 31.9 Å². The maximum absolute atomic E-state index is 10.8. The van der Waals surface area contributed by atoms with E-state index in [-0.39, 0.29) is 5.69 Å². The first-order valence-electron chi connectivity index (χ1n) is 5.89. The molecule has 1 heterocycles. The van der Waals surface area contributed by atoms with Crippen LogP contribution in [0.1, 0.15) is 11.1 Å². The third-order valence-electron chi connectivity index (χ3n) is 2.72. The molecule has 1 aromatic carbocycles. The van der Waals surface area contributed by atoms with E-state index < -0.39 is 4.92 Å². The molecule has 0 aliphatic carbocycles. The number of nitro groups is 1. The summed E-state index contributed by atoms with van der Waals surface area (Å²) in [7, 11) is 0. The van der Waals surface area contributed by atoms with Crippen LogP contribution < -0.4 is 10.5 Å². The van der Waals surface area contributed by atoms with E-state index >= 15 is 0 Å². The maximum atomic E-state index is 10.8. The molecular weight excluding hydrogens is 406 g/mol. The third-order valence-corrected chi connectivity index (χ3v) is 3.89. The van der Waals surface area contributed by atoms with Crippen molar-refractivity contribution >= 4 is 37.5 Å². The van der Waals surface area contributed by atoms with Crippen molar-refractivity contribution < 1.29 is 9.66 Å². The van der Waals surface area contributed by atoms with Crippen molar-refractivity contribution in [2.45, 2.75) is 13.5 Å². The maximum Gasteiger partial charge on any atom is 0.271 e. The third kappa shape index (κ3) is 3.58. The van der Waals surface area contributed by atoms with Gasteiger partial charge in [0, 0.05) is 30.4 Å². The van der Waals surface area contributed by atoms with Gasteiger partial charge in [-0.1, -0.05) is 0 Å². The molecule has 2 aromatic rings. The minimum Gasteiger partial charge on any atom is -0.436 e. The number of hydrogen-bond acceptors (Lipinski definition) is 5. The Labute approximate surface area is 137 Å². The summed E-state index contributed by atoms with van der Waals surface area (Å²) in [6.07, 6.45) is 1.63. The van der Waals surface area contributed by atoms with Crippen LogP contribution in [0.2, 0.25) is 0 Å². The first-order valence-corrected chi connectivity index (χ1v) is 7.48. The first-order chi connectivity index (χ1) is 9.92. The standard InChI is InChI=1S/C13H11Br2N3O3/c1-7-2-8(5-16)6-17-13(7)21-12-10(14)3-9(18(19)20)4-11(12)15/h2-4,6H,5,16H2,1H3. The van der Waals surface area contributed by atoms with Crippen LogP contribution in [0.5, 0.6) is 11.6 Å². The number of benzene rings is 1. The summed E-state index contributed by atoms with van der Waals surface area (Å²) in [5.41, 5.74) is 7.25. The van der Waals surface area contributed by atoms with Crippen molar-refractivity contribution in [3.05, 3.63) is 54.6 Å². The van der Waals surface area contributed by atoms with Gasteiger partial charge in [0.15, 0.2) is 5.75 Å². The van der Waals surface area contributed by atoms with Gasteiger partial charge in [-0.15, -0.1) is 0 Å². The van der Waals surface area contributed by atoms with Crippen LogP contribution in [0.4, 0.5) is 5.69 Å². The molecule has 110 valence electrons. The molecule has 2 rings (SSSR count). The molecule has 0 amide bonds. The Bertz CT molecular complexity index is 684. The van der Waals surface area contributed by atoms with Gasteiger partial charge in [-0.3, -0.25) is 10.1 Å². The number of aromatic nitrogens is 1. The number of halogens is 2. The zero-order valence-corrected chi connectivity index (χ0v) is 14.1. The molecule has 0 atom stereocenters. The van der Waals surface area contributed by atoms with E-state index in [0.29, 0.717) is 27.1 Å². The van der Waals surface area contributed by atoms with Crippen molar-refractivity contribution in [1.82, 2.24) is 4.98 Å². The summed E-state index contributed by atoms with van der Waals surface area (Å²) in [6, 6.07) is 4.64. The molecule has 0 bridgehead atoms. The predicted molar refractivity (Wildman–Crippen MR) is 85.4 cm³/mol. The van der Waals surface area contributed by atoms with Crippen molar-refractivity contribution in [2.24, 2.45) is 5.73 Å². The number of hydrogen-bond donors (Lipinski definition) is 1. The van der Waals surface area contributed by atoms with Gasteiger partial charge in [0.05, 0.1) is 13.9 Å². The predicted octanol–water partition coefficient (Wildman–Crippen LogP) is 4.07. The summed E-state index contributed by atoms with van der Waals surface area (Å²) in [4.78, 5) is 14.5. The molecule has 0 unspecified atom stereocenters. The van der Waals surface area contributed by atoms with Crippen LogP contribution in [-0.4, -0.2) is 9.91 Å². The van der Waals surface area contributed by atoms with Crippen molar-refractivity contribution in [1.29, 1.82) is 0 Å². The van der Waals surface area contributed by atoms with Gasteiger partial charge >= 0.3 is 0 Å². The fourth-order valence-electron chi connectivity index (χ4n) is 1.69. The normalized spacial score (nSPS) is 10.5. The quantitative estimate of drug-likeness (QED) is 0.598. The Kier molecular flexibility index (Phi) is 4.92. The Balaban J connectivity index is 2.38. The fraction of sp³-hybridized carbons (Fsp3) is 0.154. The Morgan fingerprint density at radius 1 is 1.33 bits per heavy atom. The number of nitro benzene ring substituents is 1. The lowest BCUT2D eigenvalue weighted by Gasteiger charge is -2.11. The molecule has 8 heteroatoms. The number of nitrogens with zero attached hydrogens (tertiary/aromatic N) is 2. The smallest absolute Gasteiger partial charge is 0.271 e. The van der Waals surface area contributed by atoms with E-state index in [1.807, 2.05) is 13.0 Å². The lowest BCUT2D eigenvalue weighted by molar-refractivity contribution is -0.385. The summed E-state index contributed by atoms with van der Waals surface area (Å²) < 4.78 is 6.67. The number of pyridine rings is 1. The molecule has 0 spiro atoms. The van der Waals surface area contributed by atoms with Crippen LogP contribution in [-0.2, 0) is 6.54 Å². The van der Waals surface area contributed by atoms with E-state index in [1.54, 1.807) is 6.20 Å². The SMILES string of the molecule is Cc1cc(CN)cnc1Oc1c(Br)cc([N+](=O)[O-])cc1Br. The molecule has 0 radical (unpaired) electrons. The number of ether oxygens (including phenoxy) is 1. The molecule has 0 saturated heterocycles. The topological polar surface area (TPSA) is 91.3 Å². The average Bonchev–Trinajstić information content (AvgIpc) is 2.43. The van der Waals surface area contributed by atoms with Crippen molar-refractivity contribution in [3.8, 4) is 11.6 Å². The molecule has 0 fully saturated rings. The van der Waals surface area contributed by atoms with E-state index in [0.717, 1.165) is 11.1 Å². The highest BCUT2D eigenvalue weighted by molar-refractivity contribution is 9.11. The van der Waals surface area contributed by atoms with E-state index in [4.69, 9.17) is 10.5 Å². The molecular formula is C13H11Br2N3O3. The summed E-state index contributed by atoms with van der Waals surface area (Å²) in [5, 5.41) is 10.8. The van der Waals surface area contributed by atoms with Crippen LogP contribution in [0.25, 0.3) is 0 Å². The number of nitrogens with two attached hydrogens (primary N) is 1. The van der Waals surface area contributed by atoms with Gasteiger partial charge in [0.1, 0.15) is 0 Å². The van der Waals surface area contributed by atoms with E-state index in [1.165, 1.54) is 12.1 Å². The molecule has 2 N–H and O–H groups in total. The zero-order valence-electron chi connectivity index (χ0n) is 11.0. The van der Waals surface area contributed by atoms with Crippen LogP contribution in [0.15, 0.2) is 33.3 Å². The van der Waals surface area contributed by atoms with Gasteiger partial charge in [0.2, 0.25) is 5.88 Å². The minimum atomic E-state index is -0.473. The van der Waals surface area contributed by atoms with Crippen molar-refractivity contribution in [2.75, 3.05) is 0 Å².